The Morgan fingerprint density at radius 1 is 1.45 bits per heavy atom. The zero-order chi connectivity index (χ0) is 23.8. The first kappa shape index (κ1) is 23.5. The molecule has 0 bridgehead atoms. The van der Waals surface area contributed by atoms with Gasteiger partial charge in [0.15, 0.2) is 10.8 Å². The minimum Gasteiger partial charge on any atom is -0.398 e. The Balaban J connectivity index is 1.93. The predicted octanol–water partition coefficient (Wildman–Crippen LogP) is 2.10. The normalized spacial score (nSPS) is 21.6. The number of benzene rings is 1. The monoisotopic (exact) mass is 509 g/mol. The first-order valence-electron chi connectivity index (χ1n) is 9.79. The summed E-state index contributed by atoms with van der Waals surface area (Å²) < 4.78 is 39.7. The van der Waals surface area contributed by atoms with Gasteiger partial charge in [0.05, 0.1) is 0 Å². The fraction of sp³-hybridized carbons (Fsp3) is 0.250. The molecular weight excluding hydrogens is 489 g/mol. The van der Waals surface area contributed by atoms with Crippen LogP contribution in [0.4, 0.5) is 4.39 Å². The molecule has 2 aliphatic rings. The van der Waals surface area contributed by atoms with Gasteiger partial charge in [0.2, 0.25) is 0 Å². The van der Waals surface area contributed by atoms with Crippen molar-refractivity contribution in [2.75, 3.05) is 13.6 Å². The number of hydrogen-bond donors (Lipinski definition) is 3. The number of aliphatic imine (C=N–C) groups is 2. The number of amidine groups is 1. The summed E-state index contributed by atoms with van der Waals surface area (Å²) in [6.45, 7) is 0.284. The van der Waals surface area contributed by atoms with E-state index in [2.05, 4.69) is 14.7 Å². The van der Waals surface area contributed by atoms with Crippen molar-refractivity contribution in [2.45, 2.75) is 18.5 Å². The van der Waals surface area contributed by atoms with Crippen LogP contribution in [0.25, 0.3) is 0 Å². The number of hydrogen-bond acceptors (Lipinski definition) is 8. The Hall–Kier alpha value is -2.64. The maximum atomic E-state index is 13.8. The molecule has 2 atom stereocenters. The molecule has 174 valence electrons. The molecule has 2 aliphatic heterocycles. The summed E-state index contributed by atoms with van der Waals surface area (Å²) in [5.74, 6) is 0.0734. The molecule has 1 aromatic heterocycles. The van der Waals surface area contributed by atoms with Gasteiger partial charge in [-0.25, -0.2) is 14.5 Å². The first-order valence-corrected chi connectivity index (χ1v) is 12.6. The summed E-state index contributed by atoms with van der Waals surface area (Å²) in [4.78, 5) is 15.1. The van der Waals surface area contributed by atoms with Crippen molar-refractivity contribution in [1.82, 2.24) is 14.6 Å². The summed E-state index contributed by atoms with van der Waals surface area (Å²) in [6.07, 6.45) is 5.15. The highest BCUT2D eigenvalue weighted by molar-refractivity contribution is 7.87. The summed E-state index contributed by atoms with van der Waals surface area (Å²) in [5.41, 5.74) is 8.77. The second kappa shape index (κ2) is 9.31. The molecule has 2 aromatic rings. The molecule has 33 heavy (non-hydrogen) atoms. The summed E-state index contributed by atoms with van der Waals surface area (Å²) >= 11 is 7.81. The summed E-state index contributed by atoms with van der Waals surface area (Å²) in [5, 5.41) is 7.88. The van der Waals surface area contributed by atoms with Gasteiger partial charge in [-0.05, 0) is 18.2 Å². The minimum atomic E-state index is -3.93. The number of nitrogens with one attached hydrogen (secondary N) is 1. The molecule has 1 fully saturated rings. The number of nitrogens with two attached hydrogens (primary N) is 2. The molecule has 3 heterocycles. The maximum Gasteiger partial charge on any atom is 0.274 e. The molecule has 0 radical (unpaired) electrons. The molecule has 0 amide bonds. The summed E-state index contributed by atoms with van der Waals surface area (Å²) in [7, 11) is -2.32. The lowest BCUT2D eigenvalue weighted by molar-refractivity contribution is 0.512. The van der Waals surface area contributed by atoms with Crippen LogP contribution in [0.3, 0.4) is 0 Å². The molecule has 0 spiro atoms. The van der Waals surface area contributed by atoms with Gasteiger partial charge in [-0.2, -0.15) is 13.1 Å². The molecule has 1 saturated heterocycles. The highest BCUT2D eigenvalue weighted by Crippen LogP contribution is 2.43. The van der Waals surface area contributed by atoms with E-state index in [9.17, 15) is 12.8 Å². The van der Waals surface area contributed by atoms with Gasteiger partial charge in [-0.3, -0.25) is 9.98 Å². The Morgan fingerprint density at radius 2 is 2.24 bits per heavy atom. The molecular formula is C20H21ClFN7O2S2. The first-order chi connectivity index (χ1) is 15.7. The Morgan fingerprint density at radius 3 is 2.88 bits per heavy atom. The molecule has 0 saturated carbocycles. The zero-order valence-corrected chi connectivity index (χ0v) is 19.8. The van der Waals surface area contributed by atoms with Crippen molar-refractivity contribution in [3.63, 3.8) is 0 Å². The number of allylic oxidation sites excluding steroid dienone is 1. The van der Waals surface area contributed by atoms with Crippen molar-refractivity contribution >= 4 is 45.2 Å². The van der Waals surface area contributed by atoms with Crippen LogP contribution in [0, 0.1) is 5.82 Å². The molecule has 1 unspecified atom stereocenters. The third-order valence-corrected chi connectivity index (χ3v) is 6.94. The van der Waals surface area contributed by atoms with Gasteiger partial charge >= 0.3 is 0 Å². The number of rotatable bonds is 6. The lowest BCUT2D eigenvalue weighted by Gasteiger charge is -2.33. The maximum absolute atomic E-state index is 13.8. The Kier molecular flexibility index (Phi) is 6.64. The molecule has 1 aromatic carbocycles. The quantitative estimate of drug-likeness (QED) is 0.512. The van der Waals surface area contributed by atoms with E-state index < -0.39 is 28.1 Å². The molecule has 4 rings (SSSR count). The summed E-state index contributed by atoms with van der Waals surface area (Å²) in [6, 6.07) is 2.92. The highest BCUT2D eigenvalue weighted by Gasteiger charge is 2.41. The molecule has 5 N–H and O–H groups in total. The lowest BCUT2D eigenvalue weighted by atomic mass is 9.92. The standard InChI is InChI=1S/C20H21ClFN7O2S2/c1-25-5-4-15(23)17-16-9-12(28-33(24,30)31)10-29(16)19(20-26-6-7-32-20)27-18(17)13-3-2-11(22)8-14(13)21/h2-8,12,18,28H,9-10,23H2,1H3,(H2,24,30,31)/t12?,18-/m0/s1. The Labute approximate surface area is 199 Å². The average Bonchev–Trinajstić information content (AvgIpc) is 3.39. The fourth-order valence-electron chi connectivity index (χ4n) is 3.96. The van der Waals surface area contributed by atoms with E-state index in [4.69, 9.17) is 27.5 Å². The Bertz CT molecular complexity index is 1290. The number of thiazole rings is 1. The van der Waals surface area contributed by atoms with E-state index in [0.717, 1.165) is 5.70 Å². The van der Waals surface area contributed by atoms with E-state index in [1.807, 2.05) is 10.3 Å². The third-order valence-electron chi connectivity index (χ3n) is 5.19. The molecule has 0 aliphatic carbocycles. The van der Waals surface area contributed by atoms with Crippen LogP contribution in [-0.4, -0.2) is 50.0 Å². The fourth-order valence-corrected chi connectivity index (χ4v) is 5.49. The smallest absolute Gasteiger partial charge is 0.274 e. The van der Waals surface area contributed by atoms with Gasteiger partial charge in [-0.1, -0.05) is 17.7 Å². The number of nitrogens with zero attached hydrogens (tertiary/aromatic N) is 4. The zero-order valence-electron chi connectivity index (χ0n) is 17.4. The highest BCUT2D eigenvalue weighted by atomic mass is 35.5. The van der Waals surface area contributed by atoms with Crippen molar-refractivity contribution in [3.05, 3.63) is 74.2 Å². The average molecular weight is 510 g/mol. The van der Waals surface area contributed by atoms with E-state index in [1.165, 1.54) is 23.5 Å². The van der Waals surface area contributed by atoms with Crippen molar-refractivity contribution < 1.29 is 12.8 Å². The van der Waals surface area contributed by atoms with E-state index in [0.29, 0.717) is 34.1 Å². The van der Waals surface area contributed by atoms with Crippen LogP contribution in [0.2, 0.25) is 5.02 Å². The molecule has 13 heteroatoms. The lowest BCUT2D eigenvalue weighted by Crippen LogP contribution is -2.42. The second-order valence-electron chi connectivity index (χ2n) is 7.42. The largest absolute Gasteiger partial charge is 0.398 e. The van der Waals surface area contributed by atoms with Crippen LogP contribution >= 0.6 is 22.9 Å². The predicted molar refractivity (Wildman–Crippen MR) is 128 cm³/mol. The van der Waals surface area contributed by atoms with Crippen LogP contribution in [-0.2, 0) is 10.2 Å². The number of aromatic nitrogens is 1. The van der Waals surface area contributed by atoms with Gasteiger partial charge in [0.1, 0.15) is 11.9 Å². The van der Waals surface area contributed by atoms with Crippen molar-refractivity contribution in [2.24, 2.45) is 20.9 Å². The second-order valence-corrected chi connectivity index (χ2v) is 10.0. The SMILES string of the molecule is CN=CC=C(N)C1=C2CC(NS(N)(=O)=O)CN2C(c2nccs2)=N[C@H]1c1ccc(F)cc1Cl. The van der Waals surface area contributed by atoms with E-state index in [1.54, 1.807) is 31.6 Å². The number of fused-ring (bicyclic) bond motifs is 1. The van der Waals surface area contributed by atoms with Gasteiger partial charge in [0.25, 0.3) is 10.2 Å². The van der Waals surface area contributed by atoms with Crippen molar-refractivity contribution in [3.8, 4) is 0 Å². The van der Waals surface area contributed by atoms with E-state index in [-0.39, 0.29) is 11.6 Å². The van der Waals surface area contributed by atoms with Crippen LogP contribution in [0.5, 0.6) is 0 Å². The van der Waals surface area contributed by atoms with Gasteiger partial charge in [0, 0.05) is 71.4 Å². The van der Waals surface area contributed by atoms with Gasteiger partial charge < -0.3 is 10.6 Å². The van der Waals surface area contributed by atoms with Crippen molar-refractivity contribution in [1.29, 1.82) is 0 Å². The minimum absolute atomic E-state index is 0.197. The van der Waals surface area contributed by atoms with Crippen LogP contribution in [0.1, 0.15) is 23.0 Å². The van der Waals surface area contributed by atoms with Gasteiger partial charge in [-0.15, -0.1) is 11.3 Å². The third kappa shape index (κ3) is 4.99. The number of halogens is 2. The molecule has 9 nitrogen and oxygen atoms in total. The van der Waals surface area contributed by atoms with Crippen LogP contribution < -0.4 is 15.6 Å². The van der Waals surface area contributed by atoms with E-state index >= 15 is 0 Å². The van der Waals surface area contributed by atoms with Crippen LogP contribution in [0.15, 0.2) is 62.8 Å². The topological polar surface area (TPSA) is 139 Å².